The molecule has 1 aromatic heterocycles. The molecule has 2 rings (SSSR count). The lowest BCUT2D eigenvalue weighted by Gasteiger charge is -2.32. The van der Waals surface area contributed by atoms with Crippen LogP contribution in [0.15, 0.2) is 18.5 Å². The lowest BCUT2D eigenvalue weighted by Crippen LogP contribution is -2.42. The Bertz CT molecular complexity index is 400. The van der Waals surface area contributed by atoms with E-state index in [0.717, 1.165) is 37.4 Å². The second-order valence-corrected chi connectivity index (χ2v) is 5.11. The highest BCUT2D eigenvalue weighted by molar-refractivity contribution is 5.48. The number of hydrogen-bond donors (Lipinski definition) is 1. The molecule has 1 aromatic rings. The Balaban J connectivity index is 2.02. The van der Waals surface area contributed by atoms with E-state index in [4.69, 9.17) is 15.2 Å². The Morgan fingerprint density at radius 2 is 2.37 bits per heavy atom. The minimum atomic E-state index is 0.0191. The number of methoxy groups -OCH3 is 1. The summed E-state index contributed by atoms with van der Waals surface area (Å²) in [5.74, 6) is 0.779. The minimum absolute atomic E-state index is 0.0191. The molecule has 2 atom stereocenters. The van der Waals surface area contributed by atoms with E-state index in [2.05, 4.69) is 9.88 Å². The van der Waals surface area contributed by atoms with Crippen LogP contribution in [0.3, 0.4) is 0 Å². The largest absolute Gasteiger partial charge is 0.487 e. The molecular formula is C14H23N3O2. The van der Waals surface area contributed by atoms with Gasteiger partial charge in [-0.2, -0.15) is 0 Å². The molecule has 0 amide bonds. The zero-order valence-corrected chi connectivity index (χ0v) is 11.7. The van der Waals surface area contributed by atoms with Crippen molar-refractivity contribution < 1.29 is 9.47 Å². The van der Waals surface area contributed by atoms with Gasteiger partial charge >= 0.3 is 0 Å². The molecule has 1 fully saturated rings. The van der Waals surface area contributed by atoms with Crippen LogP contribution in [-0.4, -0.2) is 43.9 Å². The van der Waals surface area contributed by atoms with Gasteiger partial charge < -0.3 is 20.1 Å². The highest BCUT2D eigenvalue weighted by Crippen LogP contribution is 2.23. The summed E-state index contributed by atoms with van der Waals surface area (Å²) in [4.78, 5) is 6.52. The molecule has 1 aliphatic rings. The predicted molar refractivity (Wildman–Crippen MR) is 75.6 cm³/mol. The van der Waals surface area contributed by atoms with Crippen molar-refractivity contribution in [2.75, 3.05) is 31.7 Å². The van der Waals surface area contributed by atoms with Gasteiger partial charge in [0.2, 0.25) is 0 Å². The van der Waals surface area contributed by atoms with E-state index in [-0.39, 0.29) is 12.1 Å². The normalized spacial score (nSPS) is 21.2. The van der Waals surface area contributed by atoms with Crippen molar-refractivity contribution in [1.82, 2.24) is 4.98 Å². The summed E-state index contributed by atoms with van der Waals surface area (Å²) < 4.78 is 10.8. The SMILES string of the molecule is COCC(C)Oc1cncc(N2CCCC(N)C2)c1. The smallest absolute Gasteiger partial charge is 0.140 e. The fraction of sp³-hybridized carbons (Fsp3) is 0.643. The summed E-state index contributed by atoms with van der Waals surface area (Å²) in [7, 11) is 1.67. The van der Waals surface area contributed by atoms with Gasteiger partial charge in [0.15, 0.2) is 0 Å². The number of pyridine rings is 1. The molecule has 0 radical (unpaired) electrons. The van der Waals surface area contributed by atoms with Crippen LogP contribution in [-0.2, 0) is 4.74 Å². The second-order valence-electron chi connectivity index (χ2n) is 5.11. The number of ether oxygens (including phenoxy) is 2. The van der Waals surface area contributed by atoms with E-state index in [9.17, 15) is 0 Å². The van der Waals surface area contributed by atoms with Crippen LogP contribution < -0.4 is 15.4 Å². The van der Waals surface area contributed by atoms with E-state index in [1.807, 2.05) is 19.2 Å². The summed E-state index contributed by atoms with van der Waals surface area (Å²) in [6, 6.07) is 2.28. The fourth-order valence-electron chi connectivity index (χ4n) is 2.39. The van der Waals surface area contributed by atoms with Crippen molar-refractivity contribution in [1.29, 1.82) is 0 Å². The molecule has 1 saturated heterocycles. The molecule has 0 bridgehead atoms. The van der Waals surface area contributed by atoms with Crippen molar-refractivity contribution in [3.05, 3.63) is 18.5 Å². The van der Waals surface area contributed by atoms with Crippen LogP contribution in [0.2, 0.25) is 0 Å². The van der Waals surface area contributed by atoms with E-state index >= 15 is 0 Å². The first-order valence-corrected chi connectivity index (χ1v) is 6.80. The van der Waals surface area contributed by atoms with Gasteiger partial charge in [0.25, 0.3) is 0 Å². The van der Waals surface area contributed by atoms with Crippen LogP contribution in [0.5, 0.6) is 5.75 Å². The van der Waals surface area contributed by atoms with E-state index in [0.29, 0.717) is 6.61 Å². The maximum atomic E-state index is 6.01. The molecule has 0 aromatic carbocycles. The zero-order chi connectivity index (χ0) is 13.7. The monoisotopic (exact) mass is 265 g/mol. The lowest BCUT2D eigenvalue weighted by atomic mass is 10.1. The Hall–Kier alpha value is -1.33. The number of nitrogens with zero attached hydrogens (tertiary/aromatic N) is 2. The average molecular weight is 265 g/mol. The highest BCUT2D eigenvalue weighted by atomic mass is 16.5. The van der Waals surface area contributed by atoms with Gasteiger partial charge in [0.05, 0.1) is 24.7 Å². The van der Waals surface area contributed by atoms with Gasteiger partial charge in [-0.3, -0.25) is 4.98 Å². The topological polar surface area (TPSA) is 60.6 Å². The molecule has 0 saturated carbocycles. The van der Waals surface area contributed by atoms with Crippen molar-refractivity contribution in [2.45, 2.75) is 31.9 Å². The van der Waals surface area contributed by atoms with Gasteiger partial charge in [-0.25, -0.2) is 0 Å². The number of rotatable bonds is 5. The number of hydrogen-bond acceptors (Lipinski definition) is 5. The van der Waals surface area contributed by atoms with E-state index in [1.54, 1.807) is 13.3 Å². The first-order valence-electron chi connectivity index (χ1n) is 6.80. The summed E-state index contributed by atoms with van der Waals surface area (Å²) in [5.41, 5.74) is 7.09. The molecule has 106 valence electrons. The molecule has 0 spiro atoms. The molecule has 19 heavy (non-hydrogen) atoms. The minimum Gasteiger partial charge on any atom is -0.487 e. The summed E-state index contributed by atoms with van der Waals surface area (Å²) in [6.07, 6.45) is 5.86. The van der Waals surface area contributed by atoms with E-state index in [1.165, 1.54) is 0 Å². The third kappa shape index (κ3) is 4.08. The fourth-order valence-corrected chi connectivity index (χ4v) is 2.39. The number of nitrogens with two attached hydrogens (primary N) is 1. The van der Waals surface area contributed by atoms with Crippen LogP contribution >= 0.6 is 0 Å². The standard InChI is InChI=1S/C14H23N3O2/c1-11(10-18-2)19-14-6-13(7-16-8-14)17-5-3-4-12(15)9-17/h6-8,11-12H,3-5,9-10,15H2,1-2H3. The highest BCUT2D eigenvalue weighted by Gasteiger charge is 2.17. The molecule has 5 nitrogen and oxygen atoms in total. The molecule has 1 aliphatic heterocycles. The van der Waals surface area contributed by atoms with Gasteiger partial charge in [-0.1, -0.05) is 0 Å². The van der Waals surface area contributed by atoms with Gasteiger partial charge in [0, 0.05) is 32.3 Å². The zero-order valence-electron chi connectivity index (χ0n) is 11.7. The Kier molecular flexibility index (Phi) is 4.99. The Labute approximate surface area is 114 Å². The number of anilines is 1. The molecule has 2 N–H and O–H groups in total. The molecule has 0 aliphatic carbocycles. The van der Waals surface area contributed by atoms with Crippen molar-refractivity contribution in [2.24, 2.45) is 5.73 Å². The summed E-state index contributed by atoms with van der Waals surface area (Å²) in [5, 5.41) is 0. The van der Waals surface area contributed by atoms with Gasteiger partial charge in [-0.05, 0) is 19.8 Å². The van der Waals surface area contributed by atoms with Crippen molar-refractivity contribution in [3.63, 3.8) is 0 Å². The summed E-state index contributed by atoms with van der Waals surface area (Å²) in [6.45, 7) is 4.47. The van der Waals surface area contributed by atoms with Crippen LogP contribution in [0, 0.1) is 0 Å². The lowest BCUT2D eigenvalue weighted by molar-refractivity contribution is 0.0918. The molecule has 2 unspecified atom stereocenters. The summed E-state index contributed by atoms with van der Waals surface area (Å²) >= 11 is 0. The predicted octanol–water partition coefficient (Wildman–Crippen LogP) is 1.42. The van der Waals surface area contributed by atoms with Crippen LogP contribution in [0.1, 0.15) is 19.8 Å². The third-order valence-corrected chi connectivity index (χ3v) is 3.26. The van der Waals surface area contributed by atoms with Crippen molar-refractivity contribution in [3.8, 4) is 5.75 Å². The molecule has 5 heteroatoms. The van der Waals surface area contributed by atoms with E-state index < -0.39 is 0 Å². The van der Waals surface area contributed by atoms with Crippen LogP contribution in [0.4, 0.5) is 5.69 Å². The third-order valence-electron chi connectivity index (χ3n) is 3.26. The van der Waals surface area contributed by atoms with Crippen LogP contribution in [0.25, 0.3) is 0 Å². The average Bonchev–Trinajstić information content (AvgIpc) is 2.39. The maximum Gasteiger partial charge on any atom is 0.140 e. The first kappa shape index (κ1) is 14.1. The Morgan fingerprint density at radius 3 is 3.11 bits per heavy atom. The molecule has 2 heterocycles. The molecular weight excluding hydrogens is 242 g/mol. The quantitative estimate of drug-likeness (QED) is 0.872. The number of aromatic nitrogens is 1. The maximum absolute atomic E-state index is 6.01. The van der Waals surface area contributed by atoms with Gasteiger partial charge in [-0.15, -0.1) is 0 Å². The van der Waals surface area contributed by atoms with Gasteiger partial charge in [0.1, 0.15) is 11.9 Å². The first-order chi connectivity index (χ1) is 9.19. The Morgan fingerprint density at radius 1 is 1.53 bits per heavy atom. The second kappa shape index (κ2) is 6.73. The number of piperidine rings is 1. The van der Waals surface area contributed by atoms with Crippen molar-refractivity contribution >= 4 is 5.69 Å².